The van der Waals surface area contributed by atoms with E-state index in [0.29, 0.717) is 6.04 Å². The smallest absolute Gasteiger partial charge is 0.0345 e. The average molecular weight is 286 g/mol. The van der Waals surface area contributed by atoms with E-state index in [2.05, 4.69) is 41.1 Å². The van der Waals surface area contributed by atoms with Crippen LogP contribution in [0.25, 0.3) is 10.1 Å². The highest BCUT2D eigenvalue weighted by atomic mass is 32.1. The van der Waals surface area contributed by atoms with Crippen LogP contribution in [0.3, 0.4) is 0 Å². The Bertz CT molecular complexity index is 600. The number of fused-ring (bicyclic) bond motifs is 1. The molecule has 0 saturated carbocycles. The van der Waals surface area contributed by atoms with Gasteiger partial charge in [-0.3, -0.25) is 11.3 Å². The van der Waals surface area contributed by atoms with Gasteiger partial charge in [-0.05, 0) is 60.9 Å². The summed E-state index contributed by atoms with van der Waals surface area (Å²) in [5, 5.41) is 3.67. The van der Waals surface area contributed by atoms with Crippen molar-refractivity contribution in [3.63, 3.8) is 0 Å². The van der Waals surface area contributed by atoms with Crippen molar-refractivity contribution in [2.75, 3.05) is 0 Å². The van der Waals surface area contributed by atoms with Crippen molar-refractivity contribution in [2.45, 2.75) is 44.6 Å². The molecule has 0 aliphatic heterocycles. The number of benzene rings is 1. The third-order valence-corrected chi connectivity index (χ3v) is 5.17. The highest BCUT2D eigenvalue weighted by Gasteiger charge is 2.14. The summed E-state index contributed by atoms with van der Waals surface area (Å²) in [6.07, 6.45) is 9.69. The Morgan fingerprint density at radius 3 is 2.90 bits per heavy atom. The molecule has 2 aromatic rings. The third-order valence-electron chi connectivity index (χ3n) is 4.16. The molecule has 0 radical (unpaired) electrons. The standard InChI is InChI=1S/C17H22N2S/c18-19-15(10-13-6-2-1-3-7-13)11-14-12-20-17-9-5-4-8-16(14)17/h4-6,8-9,12,15,19H,1-3,7,10-11,18H2. The van der Waals surface area contributed by atoms with Crippen LogP contribution < -0.4 is 11.3 Å². The Morgan fingerprint density at radius 2 is 2.10 bits per heavy atom. The van der Waals surface area contributed by atoms with Crippen LogP contribution in [0.5, 0.6) is 0 Å². The minimum Gasteiger partial charge on any atom is -0.271 e. The molecule has 106 valence electrons. The summed E-state index contributed by atoms with van der Waals surface area (Å²) in [5.41, 5.74) is 6.02. The minimum atomic E-state index is 0.345. The summed E-state index contributed by atoms with van der Waals surface area (Å²) in [4.78, 5) is 0. The maximum atomic E-state index is 5.78. The molecule has 1 aromatic carbocycles. The lowest BCUT2D eigenvalue weighted by atomic mass is 9.92. The quantitative estimate of drug-likeness (QED) is 0.492. The van der Waals surface area contributed by atoms with Crippen molar-refractivity contribution < 1.29 is 0 Å². The van der Waals surface area contributed by atoms with Gasteiger partial charge in [0.15, 0.2) is 0 Å². The molecule has 1 unspecified atom stereocenters. The second-order valence-electron chi connectivity index (χ2n) is 5.64. The maximum Gasteiger partial charge on any atom is 0.0345 e. The molecular weight excluding hydrogens is 264 g/mol. The van der Waals surface area contributed by atoms with Crippen molar-refractivity contribution in [2.24, 2.45) is 5.84 Å². The molecule has 0 amide bonds. The first-order valence-electron chi connectivity index (χ1n) is 7.46. The lowest BCUT2D eigenvalue weighted by molar-refractivity contribution is 0.506. The largest absolute Gasteiger partial charge is 0.271 e. The van der Waals surface area contributed by atoms with Gasteiger partial charge in [0, 0.05) is 10.7 Å². The fraction of sp³-hybridized carbons (Fsp3) is 0.412. The van der Waals surface area contributed by atoms with E-state index in [1.165, 1.54) is 41.3 Å². The lowest BCUT2D eigenvalue weighted by Crippen LogP contribution is -2.37. The fourth-order valence-electron chi connectivity index (χ4n) is 3.05. The zero-order valence-corrected chi connectivity index (χ0v) is 12.6. The first-order valence-corrected chi connectivity index (χ1v) is 8.34. The van der Waals surface area contributed by atoms with E-state index in [-0.39, 0.29) is 0 Å². The molecule has 1 atom stereocenters. The summed E-state index contributed by atoms with van der Waals surface area (Å²) in [5.74, 6) is 5.78. The number of nitrogens with one attached hydrogen (secondary N) is 1. The number of hydrogen-bond donors (Lipinski definition) is 2. The van der Waals surface area contributed by atoms with Crippen LogP contribution in [0.15, 0.2) is 41.3 Å². The molecule has 0 bridgehead atoms. The van der Waals surface area contributed by atoms with Crippen LogP contribution in [0.2, 0.25) is 0 Å². The summed E-state index contributed by atoms with van der Waals surface area (Å²) < 4.78 is 1.37. The zero-order valence-electron chi connectivity index (χ0n) is 11.8. The van der Waals surface area contributed by atoms with E-state index in [0.717, 1.165) is 12.8 Å². The topological polar surface area (TPSA) is 38.0 Å². The first kappa shape index (κ1) is 13.8. The normalized spacial score (nSPS) is 17.1. The van der Waals surface area contributed by atoms with Gasteiger partial charge in [0.2, 0.25) is 0 Å². The van der Waals surface area contributed by atoms with E-state index in [9.17, 15) is 0 Å². The van der Waals surface area contributed by atoms with Crippen molar-refractivity contribution in [3.05, 3.63) is 46.9 Å². The molecule has 1 aliphatic carbocycles. The Labute approximate surface area is 124 Å². The monoisotopic (exact) mass is 286 g/mol. The van der Waals surface area contributed by atoms with E-state index in [4.69, 9.17) is 5.84 Å². The summed E-state index contributed by atoms with van der Waals surface area (Å²) >= 11 is 1.83. The zero-order chi connectivity index (χ0) is 13.8. The Hall–Kier alpha value is -1.16. The summed E-state index contributed by atoms with van der Waals surface area (Å²) in [7, 11) is 0. The average Bonchev–Trinajstić information content (AvgIpc) is 2.91. The van der Waals surface area contributed by atoms with Gasteiger partial charge in [0.1, 0.15) is 0 Å². The van der Waals surface area contributed by atoms with Crippen LogP contribution in [0, 0.1) is 0 Å². The summed E-state index contributed by atoms with van der Waals surface area (Å²) in [6.45, 7) is 0. The molecule has 0 fully saturated rings. The fourth-order valence-corrected chi connectivity index (χ4v) is 4.03. The van der Waals surface area contributed by atoms with Crippen LogP contribution >= 0.6 is 11.3 Å². The number of rotatable bonds is 5. The highest BCUT2D eigenvalue weighted by molar-refractivity contribution is 7.17. The highest BCUT2D eigenvalue weighted by Crippen LogP contribution is 2.28. The molecule has 3 N–H and O–H groups in total. The van der Waals surface area contributed by atoms with E-state index in [1.807, 2.05) is 11.3 Å². The second kappa shape index (κ2) is 6.53. The number of nitrogens with two attached hydrogens (primary N) is 1. The van der Waals surface area contributed by atoms with Crippen molar-refractivity contribution >= 4 is 21.4 Å². The molecule has 3 heteroatoms. The lowest BCUT2D eigenvalue weighted by Gasteiger charge is -2.20. The van der Waals surface area contributed by atoms with Gasteiger partial charge in [0.05, 0.1) is 0 Å². The van der Waals surface area contributed by atoms with E-state index in [1.54, 1.807) is 5.57 Å². The van der Waals surface area contributed by atoms with E-state index >= 15 is 0 Å². The molecule has 1 heterocycles. The van der Waals surface area contributed by atoms with Crippen LogP contribution in [-0.4, -0.2) is 6.04 Å². The molecule has 0 saturated heterocycles. The number of hydrazine groups is 1. The minimum absolute atomic E-state index is 0.345. The Kier molecular flexibility index (Phi) is 4.51. The second-order valence-corrected chi connectivity index (χ2v) is 6.55. The number of thiophene rings is 1. The van der Waals surface area contributed by atoms with Gasteiger partial charge in [0.25, 0.3) is 0 Å². The van der Waals surface area contributed by atoms with Crippen LogP contribution in [0.1, 0.15) is 37.7 Å². The van der Waals surface area contributed by atoms with Crippen LogP contribution in [0.4, 0.5) is 0 Å². The number of allylic oxidation sites excluding steroid dienone is 1. The number of hydrogen-bond acceptors (Lipinski definition) is 3. The predicted molar refractivity (Wildman–Crippen MR) is 87.8 cm³/mol. The molecule has 0 spiro atoms. The van der Waals surface area contributed by atoms with E-state index < -0.39 is 0 Å². The summed E-state index contributed by atoms with van der Waals surface area (Å²) in [6, 6.07) is 8.98. The Morgan fingerprint density at radius 1 is 1.20 bits per heavy atom. The molecule has 3 rings (SSSR count). The molecule has 1 aliphatic rings. The third kappa shape index (κ3) is 3.11. The van der Waals surface area contributed by atoms with Crippen molar-refractivity contribution in [3.8, 4) is 0 Å². The molecular formula is C17H22N2S. The van der Waals surface area contributed by atoms with Gasteiger partial charge in [-0.1, -0.05) is 29.8 Å². The molecule has 20 heavy (non-hydrogen) atoms. The van der Waals surface area contributed by atoms with Crippen LogP contribution in [-0.2, 0) is 6.42 Å². The maximum absolute atomic E-state index is 5.78. The van der Waals surface area contributed by atoms with Gasteiger partial charge < -0.3 is 0 Å². The van der Waals surface area contributed by atoms with Gasteiger partial charge in [-0.25, -0.2) is 0 Å². The Balaban J connectivity index is 1.72. The SMILES string of the molecule is NNC(CC1=CCCCC1)Cc1csc2ccccc12. The first-order chi connectivity index (χ1) is 9.86. The molecule has 2 nitrogen and oxygen atoms in total. The van der Waals surface area contributed by atoms with Crippen molar-refractivity contribution in [1.82, 2.24) is 5.43 Å². The molecule has 1 aromatic heterocycles. The van der Waals surface area contributed by atoms with Gasteiger partial charge >= 0.3 is 0 Å². The van der Waals surface area contributed by atoms with Crippen molar-refractivity contribution in [1.29, 1.82) is 0 Å². The van der Waals surface area contributed by atoms with Gasteiger partial charge in [-0.2, -0.15) is 0 Å². The van der Waals surface area contributed by atoms with Gasteiger partial charge in [-0.15, -0.1) is 11.3 Å². The predicted octanol–water partition coefficient (Wildman–Crippen LogP) is 4.17.